The van der Waals surface area contributed by atoms with Crippen LogP contribution in [0.25, 0.3) is 0 Å². The number of hydrogen-bond acceptors (Lipinski definition) is 2. The minimum absolute atomic E-state index is 0.404. The van der Waals surface area contributed by atoms with Crippen molar-refractivity contribution in [3.63, 3.8) is 0 Å². The van der Waals surface area contributed by atoms with Crippen LogP contribution in [0.2, 0.25) is 0 Å². The van der Waals surface area contributed by atoms with Gasteiger partial charge in [0, 0.05) is 18.4 Å². The predicted octanol–water partition coefficient (Wildman–Crippen LogP) is 6.62. The number of ketones is 1. The Morgan fingerprint density at radius 2 is 1.35 bits per heavy atom. The molecule has 0 amide bonds. The van der Waals surface area contributed by atoms with Gasteiger partial charge in [0.05, 0.1) is 0 Å². The van der Waals surface area contributed by atoms with Crippen LogP contribution >= 0.6 is 0 Å². The molecule has 2 fully saturated rings. The zero-order chi connectivity index (χ0) is 18.8. The summed E-state index contributed by atoms with van der Waals surface area (Å²) >= 11 is 0. The molecule has 2 aliphatic rings. The standard InChI is InChI=1S/C24H45NO/c1-4-5-6-7-8-9-10-11-12-13-24(26)22-15-14-21-19-23(25(2)3)17-16-20(21)18-22/h20-23H,4-19H2,1-3H3. The van der Waals surface area contributed by atoms with Crippen LogP contribution in [0.5, 0.6) is 0 Å². The van der Waals surface area contributed by atoms with E-state index in [2.05, 4.69) is 25.9 Å². The maximum Gasteiger partial charge on any atom is 0.135 e. The molecular weight excluding hydrogens is 318 g/mol. The van der Waals surface area contributed by atoms with Crippen LogP contribution in [-0.4, -0.2) is 30.8 Å². The molecule has 0 aromatic rings. The minimum atomic E-state index is 0.404. The molecule has 0 heterocycles. The zero-order valence-electron chi connectivity index (χ0n) is 18.0. The molecule has 2 rings (SSSR count). The molecule has 0 saturated heterocycles. The highest BCUT2D eigenvalue weighted by molar-refractivity contribution is 5.81. The van der Waals surface area contributed by atoms with Crippen LogP contribution < -0.4 is 0 Å². The highest BCUT2D eigenvalue weighted by Gasteiger charge is 2.37. The Morgan fingerprint density at radius 1 is 0.769 bits per heavy atom. The summed E-state index contributed by atoms with van der Waals surface area (Å²) in [7, 11) is 4.46. The molecule has 0 spiro atoms. The normalized spacial score (nSPS) is 28.9. The van der Waals surface area contributed by atoms with Crippen LogP contribution in [-0.2, 0) is 4.79 Å². The molecular formula is C24H45NO. The lowest BCUT2D eigenvalue weighted by atomic mass is 9.65. The third-order valence-corrected chi connectivity index (χ3v) is 7.30. The molecule has 152 valence electrons. The van der Waals surface area contributed by atoms with Gasteiger partial charge in [0.25, 0.3) is 0 Å². The number of Topliss-reactive ketones (excluding diaryl/α,β-unsaturated/α-hetero) is 1. The van der Waals surface area contributed by atoms with E-state index < -0.39 is 0 Å². The summed E-state index contributed by atoms with van der Waals surface area (Å²) in [6, 6.07) is 0.783. The Bertz CT molecular complexity index is 392. The van der Waals surface area contributed by atoms with Gasteiger partial charge < -0.3 is 4.90 Å². The first kappa shape index (κ1) is 21.9. The van der Waals surface area contributed by atoms with E-state index in [0.29, 0.717) is 11.7 Å². The molecule has 2 heteroatoms. The van der Waals surface area contributed by atoms with E-state index in [-0.39, 0.29) is 0 Å². The summed E-state index contributed by atoms with van der Waals surface area (Å²) < 4.78 is 0. The van der Waals surface area contributed by atoms with Crippen molar-refractivity contribution in [1.29, 1.82) is 0 Å². The predicted molar refractivity (Wildman–Crippen MR) is 112 cm³/mol. The molecule has 0 aromatic heterocycles. The Hall–Kier alpha value is -0.370. The van der Waals surface area contributed by atoms with Gasteiger partial charge in [-0.05, 0) is 70.9 Å². The maximum absolute atomic E-state index is 12.6. The first-order chi connectivity index (χ1) is 12.6. The fraction of sp³-hybridized carbons (Fsp3) is 0.958. The third kappa shape index (κ3) is 7.33. The second-order valence-electron chi connectivity index (χ2n) is 9.51. The number of rotatable bonds is 12. The van der Waals surface area contributed by atoms with Gasteiger partial charge in [-0.25, -0.2) is 0 Å². The summed E-state index contributed by atoms with van der Waals surface area (Å²) in [5, 5.41) is 0. The van der Waals surface area contributed by atoms with Crippen LogP contribution in [0, 0.1) is 17.8 Å². The van der Waals surface area contributed by atoms with Crippen LogP contribution in [0.15, 0.2) is 0 Å². The fourth-order valence-corrected chi connectivity index (χ4v) is 5.44. The zero-order valence-corrected chi connectivity index (χ0v) is 18.0. The van der Waals surface area contributed by atoms with Gasteiger partial charge in [-0.1, -0.05) is 58.3 Å². The van der Waals surface area contributed by atoms with Crippen molar-refractivity contribution in [2.45, 2.75) is 116 Å². The van der Waals surface area contributed by atoms with Crippen LogP contribution in [0.1, 0.15) is 110 Å². The van der Waals surface area contributed by atoms with Gasteiger partial charge in [0.15, 0.2) is 0 Å². The molecule has 26 heavy (non-hydrogen) atoms. The first-order valence-electron chi connectivity index (χ1n) is 11.8. The summed E-state index contributed by atoms with van der Waals surface area (Å²) in [6.45, 7) is 2.28. The smallest absolute Gasteiger partial charge is 0.135 e. The van der Waals surface area contributed by atoms with Crippen molar-refractivity contribution in [1.82, 2.24) is 4.90 Å². The summed E-state index contributed by atoms with van der Waals surface area (Å²) in [5.41, 5.74) is 0. The van der Waals surface area contributed by atoms with E-state index in [0.717, 1.165) is 30.7 Å². The Labute approximate surface area is 163 Å². The van der Waals surface area contributed by atoms with E-state index in [1.807, 2.05) is 0 Å². The molecule has 2 aliphatic carbocycles. The number of carbonyl (C=O) groups is 1. The lowest BCUT2D eigenvalue weighted by Gasteiger charge is -2.43. The van der Waals surface area contributed by atoms with Gasteiger partial charge >= 0.3 is 0 Å². The van der Waals surface area contributed by atoms with Gasteiger partial charge in [0.2, 0.25) is 0 Å². The number of nitrogens with zero attached hydrogens (tertiary/aromatic N) is 1. The molecule has 2 nitrogen and oxygen atoms in total. The van der Waals surface area contributed by atoms with E-state index in [9.17, 15) is 4.79 Å². The molecule has 0 aliphatic heterocycles. The van der Waals surface area contributed by atoms with Gasteiger partial charge in [-0.3, -0.25) is 4.79 Å². The number of fused-ring (bicyclic) bond motifs is 1. The average molecular weight is 364 g/mol. The van der Waals surface area contributed by atoms with Gasteiger partial charge in [-0.15, -0.1) is 0 Å². The molecule has 4 unspecified atom stereocenters. The Kier molecular flexibility index (Phi) is 10.3. The highest BCUT2D eigenvalue weighted by atomic mass is 16.1. The van der Waals surface area contributed by atoms with Crippen molar-refractivity contribution in [2.24, 2.45) is 17.8 Å². The van der Waals surface area contributed by atoms with Gasteiger partial charge in [-0.2, -0.15) is 0 Å². The van der Waals surface area contributed by atoms with Crippen molar-refractivity contribution >= 4 is 5.78 Å². The molecule has 0 radical (unpaired) electrons. The van der Waals surface area contributed by atoms with E-state index >= 15 is 0 Å². The first-order valence-corrected chi connectivity index (χ1v) is 11.8. The second-order valence-corrected chi connectivity index (χ2v) is 9.51. The maximum atomic E-state index is 12.6. The van der Waals surface area contributed by atoms with Crippen molar-refractivity contribution in [3.8, 4) is 0 Å². The van der Waals surface area contributed by atoms with E-state index in [1.165, 1.54) is 89.9 Å². The Balaban J connectivity index is 1.54. The number of carbonyl (C=O) groups excluding carboxylic acids is 1. The van der Waals surface area contributed by atoms with Crippen molar-refractivity contribution in [2.75, 3.05) is 14.1 Å². The minimum Gasteiger partial charge on any atom is -0.306 e. The van der Waals surface area contributed by atoms with E-state index in [4.69, 9.17) is 0 Å². The lowest BCUT2D eigenvalue weighted by molar-refractivity contribution is -0.125. The quantitative estimate of drug-likeness (QED) is 0.363. The second kappa shape index (κ2) is 12.2. The molecule has 4 atom stereocenters. The number of hydrogen-bond donors (Lipinski definition) is 0. The van der Waals surface area contributed by atoms with Crippen molar-refractivity contribution in [3.05, 3.63) is 0 Å². The molecule has 2 saturated carbocycles. The summed E-state index contributed by atoms with van der Waals surface area (Å²) in [5.74, 6) is 2.74. The summed E-state index contributed by atoms with van der Waals surface area (Å²) in [4.78, 5) is 15.1. The van der Waals surface area contributed by atoms with E-state index in [1.54, 1.807) is 0 Å². The fourth-order valence-electron chi connectivity index (χ4n) is 5.44. The highest BCUT2D eigenvalue weighted by Crippen LogP contribution is 2.44. The Morgan fingerprint density at radius 3 is 2.00 bits per heavy atom. The molecule has 0 bridgehead atoms. The monoisotopic (exact) mass is 363 g/mol. The third-order valence-electron chi connectivity index (χ3n) is 7.30. The lowest BCUT2D eigenvalue weighted by Crippen LogP contribution is -2.40. The largest absolute Gasteiger partial charge is 0.306 e. The van der Waals surface area contributed by atoms with Crippen LogP contribution in [0.4, 0.5) is 0 Å². The molecule has 0 aromatic carbocycles. The van der Waals surface area contributed by atoms with Crippen molar-refractivity contribution < 1.29 is 4.79 Å². The molecule has 0 N–H and O–H groups in total. The summed E-state index contributed by atoms with van der Waals surface area (Å²) in [6.07, 6.45) is 20.7. The van der Waals surface area contributed by atoms with Gasteiger partial charge in [0.1, 0.15) is 5.78 Å². The SMILES string of the molecule is CCCCCCCCCCCC(=O)C1CCC2CC(N(C)C)CCC2C1. The topological polar surface area (TPSA) is 20.3 Å². The average Bonchev–Trinajstić information content (AvgIpc) is 2.65. The van der Waals surface area contributed by atoms with Crippen LogP contribution in [0.3, 0.4) is 0 Å². The number of unbranched alkanes of at least 4 members (excludes halogenated alkanes) is 8.